The van der Waals surface area contributed by atoms with Gasteiger partial charge in [0.05, 0.1) is 7.11 Å². The first kappa shape index (κ1) is 15.8. The predicted molar refractivity (Wildman–Crippen MR) is 95.8 cm³/mol. The molecular formula is C19H20N4O. The van der Waals surface area contributed by atoms with Crippen LogP contribution in [0, 0.1) is 0 Å². The quantitative estimate of drug-likeness (QED) is 0.755. The summed E-state index contributed by atoms with van der Waals surface area (Å²) in [7, 11) is 1.56. The van der Waals surface area contributed by atoms with Gasteiger partial charge in [0.2, 0.25) is 5.88 Å². The smallest absolute Gasteiger partial charge is 0.242 e. The third kappa shape index (κ3) is 3.63. The van der Waals surface area contributed by atoms with Crippen LogP contribution in [0.3, 0.4) is 0 Å². The van der Waals surface area contributed by atoms with Crippen molar-refractivity contribution in [2.75, 3.05) is 17.7 Å². The summed E-state index contributed by atoms with van der Waals surface area (Å²) >= 11 is 0. The van der Waals surface area contributed by atoms with E-state index in [1.807, 2.05) is 36.4 Å². The van der Waals surface area contributed by atoms with Crippen LogP contribution < -0.4 is 15.4 Å². The molecule has 0 unspecified atom stereocenters. The van der Waals surface area contributed by atoms with Gasteiger partial charge in [-0.05, 0) is 11.1 Å². The van der Waals surface area contributed by atoms with Gasteiger partial charge < -0.3 is 15.4 Å². The van der Waals surface area contributed by atoms with Crippen molar-refractivity contribution in [1.82, 2.24) is 9.97 Å². The van der Waals surface area contributed by atoms with Crippen LogP contribution in [0.4, 0.5) is 11.5 Å². The summed E-state index contributed by atoms with van der Waals surface area (Å²) in [4.78, 5) is 10.6. The van der Waals surface area contributed by atoms with Crippen molar-refractivity contribution >= 4 is 11.5 Å². The Bertz CT molecular complexity index is 736. The van der Waals surface area contributed by atoms with Crippen molar-refractivity contribution < 1.29 is 4.74 Å². The van der Waals surface area contributed by atoms with Crippen LogP contribution >= 0.6 is 0 Å². The Morgan fingerprint density at radius 3 is 1.92 bits per heavy atom. The molecule has 24 heavy (non-hydrogen) atoms. The van der Waals surface area contributed by atoms with Gasteiger partial charge in [0, 0.05) is 13.1 Å². The predicted octanol–water partition coefficient (Wildman–Crippen LogP) is 3.27. The van der Waals surface area contributed by atoms with E-state index in [0.29, 0.717) is 30.5 Å². The Hall–Kier alpha value is -3.08. The van der Waals surface area contributed by atoms with Crippen molar-refractivity contribution in [3.8, 4) is 5.88 Å². The summed E-state index contributed by atoms with van der Waals surface area (Å²) in [5.74, 6) is 1.07. The second kappa shape index (κ2) is 7.46. The van der Waals surface area contributed by atoms with Crippen molar-refractivity contribution in [1.29, 1.82) is 0 Å². The van der Waals surface area contributed by atoms with Gasteiger partial charge in [-0.3, -0.25) is 0 Å². The normalized spacial score (nSPS) is 10.4. The van der Waals surface area contributed by atoms with E-state index >= 15 is 0 Å². The molecule has 0 bridgehead atoms. The standard InChI is InChI=1S/C19H20N4O/c1-24-19-17(20)18(21-14-22-19)23(12-15-8-4-2-5-9-15)13-16-10-6-3-7-11-16/h2-11,14H,12-13,20H2,1H3. The lowest BCUT2D eigenvalue weighted by Crippen LogP contribution is -2.24. The first-order valence-electron chi connectivity index (χ1n) is 7.75. The molecule has 1 aromatic heterocycles. The van der Waals surface area contributed by atoms with Crippen LogP contribution in [-0.4, -0.2) is 17.1 Å². The third-order valence-electron chi connectivity index (χ3n) is 3.75. The van der Waals surface area contributed by atoms with Gasteiger partial charge in [-0.1, -0.05) is 60.7 Å². The summed E-state index contributed by atoms with van der Waals surface area (Å²) in [6, 6.07) is 20.5. The minimum atomic E-state index is 0.395. The number of methoxy groups -OCH3 is 1. The highest BCUT2D eigenvalue weighted by Crippen LogP contribution is 2.29. The number of rotatable bonds is 6. The number of hydrogen-bond donors (Lipinski definition) is 1. The number of hydrogen-bond acceptors (Lipinski definition) is 5. The summed E-state index contributed by atoms with van der Waals surface area (Å²) in [6.45, 7) is 1.39. The fraction of sp³-hybridized carbons (Fsp3) is 0.158. The fourth-order valence-corrected chi connectivity index (χ4v) is 2.60. The summed E-state index contributed by atoms with van der Waals surface area (Å²) in [5.41, 5.74) is 9.03. The zero-order chi connectivity index (χ0) is 16.8. The lowest BCUT2D eigenvalue weighted by atomic mass is 10.1. The molecule has 0 spiro atoms. The average molecular weight is 320 g/mol. The molecule has 0 aliphatic rings. The van der Waals surface area contributed by atoms with Crippen molar-refractivity contribution in [2.45, 2.75) is 13.1 Å². The monoisotopic (exact) mass is 320 g/mol. The lowest BCUT2D eigenvalue weighted by Gasteiger charge is -2.25. The molecule has 3 aromatic rings. The first-order chi connectivity index (χ1) is 11.8. The third-order valence-corrected chi connectivity index (χ3v) is 3.75. The Kier molecular flexibility index (Phi) is 4.91. The highest BCUT2D eigenvalue weighted by Gasteiger charge is 2.16. The van der Waals surface area contributed by atoms with Crippen LogP contribution in [0.5, 0.6) is 5.88 Å². The van der Waals surface area contributed by atoms with Crippen LogP contribution in [0.2, 0.25) is 0 Å². The molecule has 2 aromatic carbocycles. The number of nitrogens with two attached hydrogens (primary N) is 1. The van der Waals surface area contributed by atoms with Crippen LogP contribution in [-0.2, 0) is 13.1 Å². The molecule has 0 saturated carbocycles. The molecule has 0 aliphatic heterocycles. The van der Waals surface area contributed by atoms with Crippen LogP contribution in [0.1, 0.15) is 11.1 Å². The zero-order valence-corrected chi connectivity index (χ0v) is 13.6. The first-order valence-corrected chi connectivity index (χ1v) is 7.75. The highest BCUT2D eigenvalue weighted by atomic mass is 16.5. The molecule has 0 radical (unpaired) electrons. The van der Waals surface area contributed by atoms with Crippen molar-refractivity contribution in [3.63, 3.8) is 0 Å². The summed E-state index contributed by atoms with van der Waals surface area (Å²) < 4.78 is 5.23. The van der Waals surface area contributed by atoms with Crippen LogP contribution in [0.15, 0.2) is 67.0 Å². The summed E-state index contributed by atoms with van der Waals surface area (Å²) in [5, 5.41) is 0. The van der Waals surface area contributed by atoms with Crippen molar-refractivity contribution in [2.24, 2.45) is 0 Å². The maximum atomic E-state index is 6.21. The van der Waals surface area contributed by atoms with E-state index in [0.717, 1.165) is 0 Å². The zero-order valence-electron chi connectivity index (χ0n) is 13.6. The van der Waals surface area contributed by atoms with Gasteiger partial charge in [0.1, 0.15) is 12.0 Å². The Morgan fingerprint density at radius 2 is 1.42 bits per heavy atom. The molecule has 0 atom stereocenters. The molecule has 122 valence electrons. The molecular weight excluding hydrogens is 300 g/mol. The Balaban J connectivity index is 1.95. The Labute approximate surface area is 141 Å². The molecule has 0 saturated heterocycles. The number of ether oxygens (including phenoxy) is 1. The molecule has 3 rings (SSSR count). The maximum Gasteiger partial charge on any atom is 0.242 e. The topological polar surface area (TPSA) is 64.3 Å². The Morgan fingerprint density at radius 1 is 0.875 bits per heavy atom. The number of aromatic nitrogens is 2. The van der Waals surface area contributed by atoms with E-state index in [1.165, 1.54) is 17.5 Å². The minimum absolute atomic E-state index is 0.395. The minimum Gasteiger partial charge on any atom is -0.479 e. The maximum absolute atomic E-state index is 6.21. The SMILES string of the molecule is COc1ncnc(N(Cc2ccccc2)Cc2ccccc2)c1N. The van der Waals surface area contributed by atoms with Gasteiger partial charge in [0.15, 0.2) is 5.82 Å². The molecule has 0 fully saturated rings. The van der Waals surface area contributed by atoms with Crippen LogP contribution in [0.25, 0.3) is 0 Å². The van der Waals surface area contributed by atoms with E-state index in [4.69, 9.17) is 10.5 Å². The molecule has 1 heterocycles. The lowest BCUT2D eigenvalue weighted by molar-refractivity contribution is 0.399. The molecule has 0 amide bonds. The molecule has 5 nitrogen and oxygen atoms in total. The number of anilines is 2. The van der Waals surface area contributed by atoms with Gasteiger partial charge >= 0.3 is 0 Å². The number of nitrogen functional groups attached to an aromatic ring is 1. The van der Waals surface area contributed by atoms with E-state index in [-0.39, 0.29) is 0 Å². The molecule has 2 N–H and O–H groups in total. The number of benzene rings is 2. The molecule has 0 aliphatic carbocycles. The second-order valence-corrected chi connectivity index (χ2v) is 5.45. The highest BCUT2D eigenvalue weighted by molar-refractivity contribution is 5.67. The van der Waals surface area contributed by atoms with Gasteiger partial charge in [-0.2, -0.15) is 4.98 Å². The van der Waals surface area contributed by atoms with Gasteiger partial charge in [0.25, 0.3) is 0 Å². The fourth-order valence-electron chi connectivity index (χ4n) is 2.60. The number of nitrogens with zero attached hydrogens (tertiary/aromatic N) is 3. The largest absolute Gasteiger partial charge is 0.479 e. The summed E-state index contributed by atoms with van der Waals surface area (Å²) in [6.07, 6.45) is 1.48. The van der Waals surface area contributed by atoms with Crippen molar-refractivity contribution in [3.05, 3.63) is 78.1 Å². The molecule has 5 heteroatoms. The van der Waals surface area contributed by atoms with E-state index in [9.17, 15) is 0 Å². The van der Waals surface area contributed by atoms with E-state index < -0.39 is 0 Å². The average Bonchev–Trinajstić information content (AvgIpc) is 2.63. The van der Waals surface area contributed by atoms with Gasteiger partial charge in [-0.15, -0.1) is 0 Å². The van der Waals surface area contributed by atoms with E-state index in [2.05, 4.69) is 39.1 Å². The second-order valence-electron chi connectivity index (χ2n) is 5.45. The van der Waals surface area contributed by atoms with E-state index in [1.54, 1.807) is 7.11 Å². The van der Waals surface area contributed by atoms with Gasteiger partial charge in [-0.25, -0.2) is 4.98 Å².